The average molecular weight is 269 g/mol. The summed E-state index contributed by atoms with van der Waals surface area (Å²) >= 11 is 0. The Kier molecular flexibility index (Phi) is 3.92. The predicted octanol–water partition coefficient (Wildman–Crippen LogP) is 1.66. The van der Waals surface area contributed by atoms with Crippen LogP contribution in [0, 0.1) is 5.92 Å². The van der Waals surface area contributed by atoms with E-state index in [1.54, 1.807) is 31.2 Å². The first-order chi connectivity index (χ1) is 8.51. The van der Waals surface area contributed by atoms with Crippen LogP contribution >= 0.6 is 0 Å². The molecule has 1 fully saturated rings. The molecule has 0 unspecified atom stereocenters. The van der Waals surface area contributed by atoms with Crippen LogP contribution in [-0.2, 0) is 9.84 Å². The van der Waals surface area contributed by atoms with Gasteiger partial charge in [-0.25, -0.2) is 8.42 Å². The smallest absolute Gasteiger partial charge is 0.178 e. The van der Waals surface area contributed by atoms with Crippen molar-refractivity contribution in [1.29, 1.82) is 0 Å². The van der Waals surface area contributed by atoms with Crippen LogP contribution in [0.2, 0.25) is 0 Å². The summed E-state index contributed by atoms with van der Waals surface area (Å²) in [7, 11) is -3.11. The molecule has 0 radical (unpaired) electrons. The van der Waals surface area contributed by atoms with Crippen LogP contribution < -0.4 is 5.32 Å². The van der Waals surface area contributed by atoms with E-state index in [4.69, 9.17) is 0 Å². The third kappa shape index (κ3) is 3.03. The van der Waals surface area contributed by atoms with Crippen LogP contribution in [0.3, 0.4) is 0 Å². The molecule has 1 aliphatic carbocycles. The van der Waals surface area contributed by atoms with Crippen LogP contribution in [0.15, 0.2) is 29.2 Å². The molecule has 0 saturated heterocycles. The minimum absolute atomic E-state index is 0.125. The summed E-state index contributed by atoms with van der Waals surface area (Å²) in [6.45, 7) is 2.47. The molecule has 0 bridgehead atoms. The highest BCUT2D eigenvalue weighted by atomic mass is 32.2. The Bertz CT molecular complexity index is 489. The Balaban J connectivity index is 1.92. The fourth-order valence-corrected chi connectivity index (χ4v) is 2.96. The van der Waals surface area contributed by atoms with Crippen molar-refractivity contribution >= 4 is 15.5 Å². The van der Waals surface area contributed by atoms with Gasteiger partial charge in [-0.1, -0.05) is 6.92 Å². The van der Waals surface area contributed by atoms with E-state index in [-0.39, 0.29) is 11.9 Å². The molecule has 1 aliphatic rings. The molecule has 1 saturated carbocycles. The fraction of sp³-hybridized carbons (Fsp3) is 0.538. The maximum Gasteiger partial charge on any atom is 0.178 e. The molecule has 1 aromatic carbocycles. The zero-order valence-electron chi connectivity index (χ0n) is 10.5. The van der Waals surface area contributed by atoms with E-state index in [1.165, 1.54) is 0 Å². The topological polar surface area (TPSA) is 66.4 Å². The number of nitrogens with one attached hydrogen (secondary N) is 1. The Morgan fingerprint density at radius 3 is 2.39 bits per heavy atom. The van der Waals surface area contributed by atoms with Crippen molar-refractivity contribution in [2.24, 2.45) is 5.92 Å². The van der Waals surface area contributed by atoms with Gasteiger partial charge in [-0.15, -0.1) is 0 Å². The minimum Gasteiger partial charge on any atom is -0.393 e. The van der Waals surface area contributed by atoms with Gasteiger partial charge in [-0.2, -0.15) is 0 Å². The second-order valence-corrected chi connectivity index (χ2v) is 7.08. The van der Waals surface area contributed by atoms with Gasteiger partial charge in [0, 0.05) is 12.2 Å². The number of sulfone groups is 1. The second kappa shape index (κ2) is 5.28. The summed E-state index contributed by atoms with van der Waals surface area (Å²) in [6.07, 6.45) is 1.58. The van der Waals surface area contributed by atoms with Gasteiger partial charge in [0.05, 0.1) is 16.8 Å². The third-order valence-electron chi connectivity index (χ3n) is 3.40. The monoisotopic (exact) mass is 269 g/mol. The van der Waals surface area contributed by atoms with Gasteiger partial charge in [0.1, 0.15) is 0 Å². The summed E-state index contributed by atoms with van der Waals surface area (Å²) in [5, 5.41) is 12.4. The van der Waals surface area contributed by atoms with E-state index in [0.717, 1.165) is 25.1 Å². The third-order valence-corrected chi connectivity index (χ3v) is 5.15. The molecular formula is C13H19NO3S. The largest absolute Gasteiger partial charge is 0.393 e. The van der Waals surface area contributed by atoms with Crippen LogP contribution in [-0.4, -0.2) is 31.9 Å². The summed E-state index contributed by atoms with van der Waals surface area (Å²) in [5.41, 5.74) is 0.923. The van der Waals surface area contributed by atoms with Crippen molar-refractivity contribution in [2.75, 3.05) is 17.6 Å². The molecular weight excluding hydrogens is 250 g/mol. The van der Waals surface area contributed by atoms with E-state index < -0.39 is 9.84 Å². The molecule has 0 heterocycles. The minimum atomic E-state index is -3.11. The van der Waals surface area contributed by atoms with Crippen LogP contribution in [0.4, 0.5) is 5.69 Å². The zero-order valence-corrected chi connectivity index (χ0v) is 11.3. The van der Waals surface area contributed by atoms with E-state index in [0.29, 0.717) is 10.8 Å². The van der Waals surface area contributed by atoms with Crippen molar-refractivity contribution < 1.29 is 13.5 Å². The molecule has 2 N–H and O–H groups in total. The lowest BCUT2D eigenvalue weighted by atomic mass is 9.82. The average Bonchev–Trinajstić information content (AvgIpc) is 2.34. The Hall–Kier alpha value is -1.07. The maximum absolute atomic E-state index is 11.6. The lowest BCUT2D eigenvalue weighted by Gasteiger charge is -2.31. The van der Waals surface area contributed by atoms with E-state index in [9.17, 15) is 13.5 Å². The van der Waals surface area contributed by atoms with Crippen LogP contribution in [0.25, 0.3) is 0 Å². The number of hydrogen-bond acceptors (Lipinski definition) is 4. The van der Waals surface area contributed by atoms with E-state index in [2.05, 4.69) is 5.32 Å². The molecule has 5 heteroatoms. The highest BCUT2D eigenvalue weighted by molar-refractivity contribution is 7.91. The quantitative estimate of drug-likeness (QED) is 0.853. The van der Waals surface area contributed by atoms with Crippen molar-refractivity contribution in [3.05, 3.63) is 24.3 Å². The van der Waals surface area contributed by atoms with Gasteiger partial charge in [0.25, 0.3) is 0 Å². The first-order valence-electron chi connectivity index (χ1n) is 6.26. The second-order valence-electron chi connectivity index (χ2n) is 4.80. The number of hydrogen-bond donors (Lipinski definition) is 2. The first kappa shape index (κ1) is 13.4. The number of anilines is 1. The molecule has 0 amide bonds. The van der Waals surface area contributed by atoms with Crippen molar-refractivity contribution in [2.45, 2.75) is 30.8 Å². The summed E-state index contributed by atoms with van der Waals surface area (Å²) in [4.78, 5) is 0.370. The van der Waals surface area contributed by atoms with Crippen molar-refractivity contribution in [3.8, 4) is 0 Å². The SMILES string of the molecule is CCS(=O)(=O)c1ccc(NCC2CC(O)C2)cc1. The molecule has 0 aromatic heterocycles. The summed E-state index contributed by atoms with van der Waals surface area (Å²) in [5.74, 6) is 0.652. The summed E-state index contributed by atoms with van der Waals surface area (Å²) < 4.78 is 23.2. The van der Waals surface area contributed by atoms with Gasteiger partial charge in [-0.05, 0) is 43.0 Å². The molecule has 0 spiro atoms. The summed E-state index contributed by atoms with van der Waals surface area (Å²) in [6, 6.07) is 6.85. The first-order valence-corrected chi connectivity index (χ1v) is 7.91. The van der Waals surface area contributed by atoms with Crippen molar-refractivity contribution in [3.63, 3.8) is 0 Å². The maximum atomic E-state index is 11.6. The van der Waals surface area contributed by atoms with Gasteiger partial charge in [0.2, 0.25) is 0 Å². The lowest BCUT2D eigenvalue weighted by Crippen LogP contribution is -2.33. The van der Waals surface area contributed by atoms with Gasteiger partial charge < -0.3 is 10.4 Å². The fourth-order valence-electron chi connectivity index (χ4n) is 2.08. The van der Waals surface area contributed by atoms with Gasteiger partial charge in [0.15, 0.2) is 9.84 Å². The molecule has 4 nitrogen and oxygen atoms in total. The predicted molar refractivity (Wildman–Crippen MR) is 71.4 cm³/mol. The standard InChI is InChI=1S/C13H19NO3S/c1-2-18(16,17)13-5-3-11(4-6-13)14-9-10-7-12(15)8-10/h3-6,10,12,14-15H,2,7-9H2,1H3. The van der Waals surface area contributed by atoms with Crippen LogP contribution in [0.5, 0.6) is 0 Å². The Morgan fingerprint density at radius 1 is 1.28 bits per heavy atom. The normalized spacial score (nSPS) is 23.4. The van der Waals surface area contributed by atoms with Crippen molar-refractivity contribution in [1.82, 2.24) is 0 Å². The molecule has 2 rings (SSSR count). The number of aliphatic hydroxyl groups is 1. The lowest BCUT2D eigenvalue weighted by molar-refractivity contribution is 0.0487. The Labute approximate surface area is 108 Å². The molecule has 1 aromatic rings. The van der Waals surface area contributed by atoms with E-state index in [1.807, 2.05) is 0 Å². The Morgan fingerprint density at radius 2 is 1.89 bits per heavy atom. The molecule has 0 aliphatic heterocycles. The molecule has 0 atom stereocenters. The van der Waals surface area contributed by atoms with Gasteiger partial charge in [-0.3, -0.25) is 0 Å². The number of benzene rings is 1. The van der Waals surface area contributed by atoms with E-state index >= 15 is 0 Å². The highest BCUT2D eigenvalue weighted by Crippen LogP contribution is 2.27. The van der Waals surface area contributed by atoms with Crippen LogP contribution in [0.1, 0.15) is 19.8 Å². The zero-order chi connectivity index (χ0) is 13.2. The molecule has 18 heavy (non-hydrogen) atoms. The highest BCUT2D eigenvalue weighted by Gasteiger charge is 2.26. The number of aliphatic hydroxyl groups excluding tert-OH is 1. The molecule has 100 valence electrons. The number of rotatable bonds is 5. The van der Waals surface area contributed by atoms with Gasteiger partial charge >= 0.3 is 0 Å².